The van der Waals surface area contributed by atoms with Gasteiger partial charge in [-0.05, 0) is 6.92 Å². The Morgan fingerprint density at radius 1 is 1.40 bits per heavy atom. The lowest BCUT2D eigenvalue weighted by Gasteiger charge is -2.15. The molecule has 86 valence electrons. The Hall–Kier alpha value is -1.18. The number of halogens is 4. The maximum Gasteiger partial charge on any atom is 0.365 e. The van der Waals surface area contributed by atoms with Gasteiger partial charge in [0.2, 0.25) is 5.82 Å². The highest BCUT2D eigenvalue weighted by molar-refractivity contribution is 5.03. The number of rotatable bonds is 4. The molecule has 15 heavy (non-hydrogen) atoms. The van der Waals surface area contributed by atoms with E-state index in [1.54, 1.807) is 0 Å². The van der Waals surface area contributed by atoms with Crippen molar-refractivity contribution in [3.63, 3.8) is 0 Å². The van der Waals surface area contributed by atoms with Crippen LogP contribution in [0.25, 0.3) is 0 Å². The van der Waals surface area contributed by atoms with Crippen molar-refractivity contribution < 1.29 is 17.6 Å². The molecule has 0 aliphatic heterocycles. The molecule has 0 bridgehead atoms. The molecule has 0 aliphatic rings. The van der Waals surface area contributed by atoms with Crippen LogP contribution < -0.4 is 5.73 Å². The summed E-state index contributed by atoms with van der Waals surface area (Å²) in [7, 11) is 0. The summed E-state index contributed by atoms with van der Waals surface area (Å²) >= 11 is 0. The van der Waals surface area contributed by atoms with Crippen molar-refractivity contribution in [2.45, 2.75) is 32.4 Å². The second-order valence-corrected chi connectivity index (χ2v) is 2.81. The van der Waals surface area contributed by atoms with Crippen LogP contribution in [0.1, 0.15) is 18.6 Å². The quantitative estimate of drug-likeness (QED) is 0.782. The molecular weight excluding hydrogens is 216 g/mol. The number of alkyl halides is 4. The Labute approximate surface area is 83.1 Å². The van der Waals surface area contributed by atoms with Gasteiger partial charge in [0, 0.05) is 6.54 Å². The lowest BCUT2D eigenvalue weighted by atomic mass is 10.3. The van der Waals surface area contributed by atoms with Crippen LogP contribution in [-0.4, -0.2) is 21.2 Å². The summed E-state index contributed by atoms with van der Waals surface area (Å²) < 4.78 is 50.9. The summed E-state index contributed by atoms with van der Waals surface area (Å²) in [6.07, 6.45) is -3.81. The van der Waals surface area contributed by atoms with Crippen LogP contribution in [0.3, 0.4) is 0 Å². The Balaban J connectivity index is 3.19. The Kier molecular flexibility index (Phi) is 3.28. The van der Waals surface area contributed by atoms with Crippen molar-refractivity contribution in [3.05, 3.63) is 11.6 Å². The third-order valence-corrected chi connectivity index (χ3v) is 1.90. The molecule has 2 N–H and O–H groups in total. The van der Waals surface area contributed by atoms with Crippen LogP contribution in [0.15, 0.2) is 0 Å². The molecule has 0 spiro atoms. The zero-order valence-electron chi connectivity index (χ0n) is 7.92. The highest BCUT2D eigenvalue weighted by Gasteiger charge is 2.47. The van der Waals surface area contributed by atoms with Crippen LogP contribution in [0, 0.1) is 0 Å². The number of hydrogen-bond acceptors (Lipinski definition) is 3. The molecule has 1 rings (SSSR count). The summed E-state index contributed by atoms with van der Waals surface area (Å²) in [4.78, 5) is 0. The van der Waals surface area contributed by atoms with Crippen molar-refractivity contribution in [3.8, 4) is 0 Å². The predicted octanol–water partition coefficient (Wildman–Crippen LogP) is 1.11. The van der Waals surface area contributed by atoms with E-state index >= 15 is 0 Å². The molecule has 0 saturated carbocycles. The van der Waals surface area contributed by atoms with Gasteiger partial charge in [-0.3, -0.25) is 0 Å². The molecule has 0 unspecified atom stereocenters. The monoisotopic (exact) mass is 226 g/mol. The molecular formula is C7H10F4N4. The molecule has 0 aromatic carbocycles. The van der Waals surface area contributed by atoms with Gasteiger partial charge in [0.1, 0.15) is 5.82 Å². The Bertz CT molecular complexity index is 336. The molecule has 8 heteroatoms. The van der Waals surface area contributed by atoms with Gasteiger partial charge in [0.25, 0.3) is 0 Å². The maximum absolute atomic E-state index is 13.0. The van der Waals surface area contributed by atoms with Gasteiger partial charge in [-0.1, -0.05) is 0 Å². The highest BCUT2D eigenvalue weighted by Crippen LogP contribution is 2.33. The van der Waals surface area contributed by atoms with E-state index in [1.807, 2.05) is 0 Å². The highest BCUT2D eigenvalue weighted by atomic mass is 19.3. The fraction of sp³-hybridized carbons (Fsp3) is 0.714. The van der Waals surface area contributed by atoms with Crippen molar-refractivity contribution in [2.24, 2.45) is 5.73 Å². The van der Waals surface area contributed by atoms with E-state index in [2.05, 4.69) is 10.2 Å². The van der Waals surface area contributed by atoms with E-state index in [1.165, 1.54) is 6.92 Å². The first kappa shape index (κ1) is 11.9. The standard InChI is InChI=1S/C7H10F4N4/c1-2-15-4(3-12)13-14-6(15)7(10,11)5(8)9/h5H,2-3,12H2,1H3. The van der Waals surface area contributed by atoms with E-state index in [0.717, 1.165) is 4.57 Å². The predicted molar refractivity (Wildman–Crippen MR) is 43.5 cm³/mol. The van der Waals surface area contributed by atoms with Crippen LogP contribution in [0.2, 0.25) is 0 Å². The molecule has 0 saturated heterocycles. The molecule has 0 amide bonds. The zero-order valence-corrected chi connectivity index (χ0v) is 7.92. The molecule has 0 atom stereocenters. The number of nitrogens with two attached hydrogens (primary N) is 1. The Morgan fingerprint density at radius 3 is 2.40 bits per heavy atom. The van der Waals surface area contributed by atoms with Gasteiger partial charge in [-0.2, -0.15) is 8.78 Å². The molecule has 0 radical (unpaired) electrons. The number of aromatic nitrogens is 3. The van der Waals surface area contributed by atoms with E-state index in [-0.39, 0.29) is 18.9 Å². The minimum Gasteiger partial charge on any atom is -0.324 e. The molecule has 0 fully saturated rings. The minimum atomic E-state index is -4.30. The lowest BCUT2D eigenvalue weighted by Crippen LogP contribution is -2.28. The Morgan fingerprint density at radius 2 is 2.00 bits per heavy atom. The van der Waals surface area contributed by atoms with E-state index in [4.69, 9.17) is 5.73 Å². The zero-order chi connectivity index (χ0) is 11.6. The van der Waals surface area contributed by atoms with Crippen LogP contribution in [-0.2, 0) is 19.0 Å². The van der Waals surface area contributed by atoms with E-state index in [0.29, 0.717) is 0 Å². The van der Waals surface area contributed by atoms with Gasteiger partial charge in [-0.15, -0.1) is 10.2 Å². The van der Waals surface area contributed by atoms with Gasteiger partial charge in [0.05, 0.1) is 6.54 Å². The number of nitrogens with zero attached hydrogens (tertiary/aromatic N) is 3. The van der Waals surface area contributed by atoms with E-state index < -0.39 is 18.2 Å². The van der Waals surface area contributed by atoms with E-state index in [9.17, 15) is 17.6 Å². The molecule has 1 aromatic rings. The third-order valence-electron chi connectivity index (χ3n) is 1.90. The van der Waals surface area contributed by atoms with Gasteiger partial charge < -0.3 is 10.3 Å². The SMILES string of the molecule is CCn1c(CN)nnc1C(F)(F)C(F)F. The normalized spacial score (nSPS) is 12.5. The topological polar surface area (TPSA) is 56.7 Å². The summed E-state index contributed by atoms with van der Waals surface area (Å²) in [6.45, 7) is 1.46. The van der Waals surface area contributed by atoms with Crippen molar-refractivity contribution in [1.82, 2.24) is 14.8 Å². The van der Waals surface area contributed by atoms with Crippen molar-refractivity contribution in [1.29, 1.82) is 0 Å². The first-order chi connectivity index (χ1) is 6.95. The van der Waals surface area contributed by atoms with Crippen molar-refractivity contribution in [2.75, 3.05) is 0 Å². The fourth-order valence-corrected chi connectivity index (χ4v) is 1.16. The van der Waals surface area contributed by atoms with Crippen LogP contribution in [0.5, 0.6) is 0 Å². The average Bonchev–Trinajstić information content (AvgIpc) is 2.60. The second kappa shape index (κ2) is 4.13. The third kappa shape index (κ3) is 1.94. The molecule has 0 aliphatic carbocycles. The van der Waals surface area contributed by atoms with Crippen LogP contribution in [0.4, 0.5) is 17.6 Å². The summed E-state index contributed by atoms with van der Waals surface area (Å²) in [5.74, 6) is -5.27. The average molecular weight is 226 g/mol. The first-order valence-corrected chi connectivity index (χ1v) is 4.23. The fourth-order valence-electron chi connectivity index (χ4n) is 1.16. The maximum atomic E-state index is 13.0. The summed E-state index contributed by atoms with van der Waals surface area (Å²) in [5, 5.41) is 6.38. The first-order valence-electron chi connectivity index (χ1n) is 4.23. The molecule has 1 aromatic heterocycles. The summed E-state index contributed by atoms with van der Waals surface area (Å²) in [6, 6.07) is 0. The van der Waals surface area contributed by atoms with Gasteiger partial charge in [-0.25, -0.2) is 8.78 Å². The molecule has 4 nitrogen and oxygen atoms in total. The molecule has 1 heterocycles. The number of hydrogen-bond donors (Lipinski definition) is 1. The van der Waals surface area contributed by atoms with Crippen molar-refractivity contribution >= 4 is 0 Å². The lowest BCUT2D eigenvalue weighted by molar-refractivity contribution is -0.143. The largest absolute Gasteiger partial charge is 0.365 e. The summed E-state index contributed by atoms with van der Waals surface area (Å²) in [5.41, 5.74) is 5.20. The van der Waals surface area contributed by atoms with Gasteiger partial charge >= 0.3 is 12.3 Å². The van der Waals surface area contributed by atoms with Crippen LogP contribution >= 0.6 is 0 Å². The van der Waals surface area contributed by atoms with Gasteiger partial charge in [0.15, 0.2) is 0 Å². The smallest absolute Gasteiger partial charge is 0.324 e. The second-order valence-electron chi connectivity index (χ2n) is 2.81. The minimum absolute atomic E-state index is 0.0628.